The van der Waals surface area contributed by atoms with Crippen LogP contribution in [0.4, 0.5) is 0 Å². The molecule has 3 fully saturated rings. The van der Waals surface area contributed by atoms with E-state index < -0.39 is 0 Å². The van der Waals surface area contributed by atoms with Gasteiger partial charge in [-0.2, -0.15) is 0 Å². The van der Waals surface area contributed by atoms with Gasteiger partial charge >= 0.3 is 0 Å². The van der Waals surface area contributed by atoms with Crippen LogP contribution >= 0.6 is 0 Å². The summed E-state index contributed by atoms with van der Waals surface area (Å²) in [5.41, 5.74) is 0.456. The van der Waals surface area contributed by atoms with Gasteiger partial charge in [0.05, 0.1) is 6.04 Å². The minimum absolute atomic E-state index is 0.0759. The summed E-state index contributed by atoms with van der Waals surface area (Å²) in [6, 6.07) is 0.686. The third-order valence-corrected chi connectivity index (χ3v) is 5.81. The Morgan fingerprint density at radius 2 is 2.00 bits per heavy atom. The first-order valence-corrected chi connectivity index (χ1v) is 8.26. The highest BCUT2D eigenvalue weighted by molar-refractivity contribution is 5.82. The van der Waals surface area contributed by atoms with Gasteiger partial charge in [0.1, 0.15) is 0 Å². The van der Waals surface area contributed by atoms with Crippen LogP contribution in [0.15, 0.2) is 0 Å². The van der Waals surface area contributed by atoms with Crippen LogP contribution in [0.5, 0.6) is 0 Å². The molecule has 0 spiro atoms. The standard InChI is InChI=1S/C16H28N2O/c1-2-16(9-10-16)11-17-15(19)14-8-7-12-5-3-4-6-13(12)18-14/h12-14,18H,2-11H2,1H3,(H,17,19). The third kappa shape index (κ3) is 2.96. The van der Waals surface area contributed by atoms with E-state index in [1.807, 2.05) is 0 Å². The maximum Gasteiger partial charge on any atom is 0.237 e. The van der Waals surface area contributed by atoms with E-state index in [0.29, 0.717) is 11.5 Å². The number of hydrogen-bond donors (Lipinski definition) is 2. The summed E-state index contributed by atoms with van der Waals surface area (Å²) in [5, 5.41) is 6.82. The molecular formula is C16H28N2O. The van der Waals surface area contributed by atoms with Gasteiger partial charge in [-0.3, -0.25) is 4.79 Å². The van der Waals surface area contributed by atoms with Crippen molar-refractivity contribution in [3.05, 3.63) is 0 Å². The number of carbonyl (C=O) groups excluding carboxylic acids is 1. The van der Waals surface area contributed by atoms with Gasteiger partial charge in [0.15, 0.2) is 0 Å². The van der Waals surface area contributed by atoms with Crippen molar-refractivity contribution in [3.63, 3.8) is 0 Å². The normalized spacial score (nSPS) is 36.4. The summed E-state index contributed by atoms with van der Waals surface area (Å²) in [6.07, 6.45) is 11.4. The zero-order valence-corrected chi connectivity index (χ0v) is 12.2. The van der Waals surface area contributed by atoms with Crippen LogP contribution in [-0.4, -0.2) is 24.5 Å². The quantitative estimate of drug-likeness (QED) is 0.819. The lowest BCUT2D eigenvalue weighted by Gasteiger charge is -2.40. The number of piperidine rings is 1. The average molecular weight is 264 g/mol. The van der Waals surface area contributed by atoms with Crippen molar-refractivity contribution < 1.29 is 4.79 Å². The molecule has 1 saturated heterocycles. The smallest absolute Gasteiger partial charge is 0.237 e. The summed E-state index contributed by atoms with van der Waals surface area (Å²) < 4.78 is 0. The molecule has 0 bridgehead atoms. The van der Waals surface area contributed by atoms with Gasteiger partial charge in [0, 0.05) is 12.6 Å². The molecule has 1 heterocycles. The van der Waals surface area contributed by atoms with Gasteiger partial charge < -0.3 is 10.6 Å². The highest BCUT2D eigenvalue weighted by Crippen LogP contribution is 2.47. The lowest BCUT2D eigenvalue weighted by atomic mass is 9.77. The Balaban J connectivity index is 1.47. The van der Waals surface area contributed by atoms with Gasteiger partial charge in [0.2, 0.25) is 5.91 Å². The Hall–Kier alpha value is -0.570. The number of amides is 1. The molecule has 3 unspecified atom stereocenters. The van der Waals surface area contributed by atoms with Crippen LogP contribution in [0.3, 0.4) is 0 Å². The van der Waals surface area contributed by atoms with E-state index in [0.717, 1.165) is 18.9 Å². The van der Waals surface area contributed by atoms with E-state index in [9.17, 15) is 4.79 Å². The van der Waals surface area contributed by atoms with Crippen molar-refractivity contribution in [1.82, 2.24) is 10.6 Å². The summed E-state index contributed by atoms with van der Waals surface area (Å²) in [4.78, 5) is 12.3. The maximum absolute atomic E-state index is 12.3. The lowest BCUT2D eigenvalue weighted by molar-refractivity contribution is -0.124. The van der Waals surface area contributed by atoms with E-state index >= 15 is 0 Å². The monoisotopic (exact) mass is 264 g/mol. The minimum Gasteiger partial charge on any atom is -0.354 e. The fourth-order valence-corrected chi connectivity index (χ4v) is 3.93. The van der Waals surface area contributed by atoms with Gasteiger partial charge in [-0.1, -0.05) is 19.8 Å². The predicted molar refractivity (Wildman–Crippen MR) is 76.9 cm³/mol. The first-order chi connectivity index (χ1) is 9.22. The van der Waals surface area contributed by atoms with Crippen molar-refractivity contribution in [1.29, 1.82) is 0 Å². The Bertz CT molecular complexity index is 338. The molecule has 0 aromatic heterocycles. The number of hydrogen-bond acceptors (Lipinski definition) is 2. The number of fused-ring (bicyclic) bond motifs is 1. The molecule has 3 aliphatic rings. The molecular weight excluding hydrogens is 236 g/mol. The van der Waals surface area contributed by atoms with E-state index in [1.54, 1.807) is 0 Å². The van der Waals surface area contributed by atoms with Gasteiger partial charge in [-0.25, -0.2) is 0 Å². The number of rotatable bonds is 4. The highest BCUT2D eigenvalue weighted by Gasteiger charge is 2.41. The maximum atomic E-state index is 12.3. The molecule has 1 aliphatic heterocycles. The van der Waals surface area contributed by atoms with Crippen molar-refractivity contribution in [2.24, 2.45) is 11.3 Å². The zero-order valence-electron chi connectivity index (χ0n) is 12.2. The molecule has 0 radical (unpaired) electrons. The second-order valence-corrected chi connectivity index (χ2v) is 7.02. The Morgan fingerprint density at radius 1 is 1.21 bits per heavy atom. The van der Waals surface area contributed by atoms with Crippen LogP contribution in [0.25, 0.3) is 0 Å². The van der Waals surface area contributed by atoms with E-state index in [4.69, 9.17) is 0 Å². The molecule has 3 atom stereocenters. The molecule has 2 aliphatic carbocycles. The van der Waals surface area contributed by atoms with Crippen molar-refractivity contribution >= 4 is 5.91 Å². The average Bonchev–Trinajstić information content (AvgIpc) is 3.25. The molecule has 3 heteroatoms. The summed E-state index contributed by atoms with van der Waals surface area (Å²) in [5.74, 6) is 1.09. The van der Waals surface area contributed by atoms with E-state index in [-0.39, 0.29) is 11.9 Å². The molecule has 108 valence electrons. The molecule has 0 aromatic carbocycles. The SMILES string of the molecule is CCC1(CNC(=O)C2CCC3CCCCC3N2)CC1. The van der Waals surface area contributed by atoms with E-state index in [1.165, 1.54) is 51.4 Å². The fraction of sp³-hybridized carbons (Fsp3) is 0.938. The van der Waals surface area contributed by atoms with Crippen molar-refractivity contribution in [3.8, 4) is 0 Å². The van der Waals surface area contributed by atoms with Gasteiger partial charge in [-0.15, -0.1) is 0 Å². The summed E-state index contributed by atoms with van der Waals surface area (Å²) in [6.45, 7) is 3.14. The molecule has 1 amide bonds. The van der Waals surface area contributed by atoms with Crippen molar-refractivity contribution in [2.75, 3.05) is 6.54 Å². The van der Waals surface area contributed by atoms with Gasteiger partial charge in [-0.05, 0) is 56.3 Å². The first kappa shape index (κ1) is 13.4. The molecule has 2 saturated carbocycles. The van der Waals surface area contributed by atoms with Crippen molar-refractivity contribution in [2.45, 2.75) is 76.8 Å². The summed E-state index contributed by atoms with van der Waals surface area (Å²) >= 11 is 0. The van der Waals surface area contributed by atoms with Crippen LogP contribution in [0.2, 0.25) is 0 Å². The second-order valence-electron chi connectivity index (χ2n) is 7.02. The number of carbonyl (C=O) groups is 1. The van der Waals surface area contributed by atoms with Crippen LogP contribution in [0.1, 0.15) is 64.7 Å². The zero-order chi connectivity index (χ0) is 13.3. The highest BCUT2D eigenvalue weighted by atomic mass is 16.2. The second kappa shape index (κ2) is 5.43. The Kier molecular flexibility index (Phi) is 3.84. The Labute approximate surface area is 116 Å². The Morgan fingerprint density at radius 3 is 2.74 bits per heavy atom. The first-order valence-electron chi connectivity index (χ1n) is 8.26. The molecule has 3 rings (SSSR count). The summed E-state index contributed by atoms with van der Waals surface area (Å²) in [7, 11) is 0. The largest absolute Gasteiger partial charge is 0.354 e. The van der Waals surface area contributed by atoms with Crippen LogP contribution < -0.4 is 10.6 Å². The molecule has 2 N–H and O–H groups in total. The molecule has 19 heavy (non-hydrogen) atoms. The molecule has 3 nitrogen and oxygen atoms in total. The topological polar surface area (TPSA) is 41.1 Å². The van der Waals surface area contributed by atoms with Crippen LogP contribution in [0, 0.1) is 11.3 Å². The van der Waals surface area contributed by atoms with Crippen LogP contribution in [-0.2, 0) is 4.79 Å². The minimum atomic E-state index is 0.0759. The lowest BCUT2D eigenvalue weighted by Crippen LogP contribution is -2.55. The van der Waals surface area contributed by atoms with Gasteiger partial charge in [0.25, 0.3) is 0 Å². The number of nitrogens with one attached hydrogen (secondary N) is 2. The van der Waals surface area contributed by atoms with E-state index in [2.05, 4.69) is 17.6 Å². The fourth-order valence-electron chi connectivity index (χ4n) is 3.93. The predicted octanol–water partition coefficient (Wildman–Crippen LogP) is 2.60. The third-order valence-electron chi connectivity index (χ3n) is 5.81. The molecule has 0 aromatic rings.